The summed E-state index contributed by atoms with van der Waals surface area (Å²) in [5.41, 5.74) is 2.89. The fourth-order valence-electron chi connectivity index (χ4n) is 3.62. The lowest BCUT2D eigenvalue weighted by molar-refractivity contribution is -0.139. The summed E-state index contributed by atoms with van der Waals surface area (Å²) in [7, 11) is -2.22. The maximum absolute atomic E-state index is 13.6. The molecule has 0 unspecified atom stereocenters. The number of hydrogen-bond donors (Lipinski definition) is 1. The van der Waals surface area contributed by atoms with E-state index in [1.165, 1.54) is 4.90 Å². The van der Waals surface area contributed by atoms with Crippen LogP contribution in [0.2, 0.25) is 0 Å². The Kier molecular flexibility index (Phi) is 9.71. The van der Waals surface area contributed by atoms with Crippen LogP contribution in [0.4, 0.5) is 5.69 Å². The van der Waals surface area contributed by atoms with Gasteiger partial charge in [0.25, 0.3) is 0 Å². The van der Waals surface area contributed by atoms with Gasteiger partial charge in [0.15, 0.2) is 0 Å². The number of aryl methyl sites for hydroxylation is 1. The van der Waals surface area contributed by atoms with Crippen molar-refractivity contribution in [1.29, 1.82) is 0 Å². The smallest absolute Gasteiger partial charge is 0.244 e. The topological polar surface area (TPSA) is 96.0 Å². The van der Waals surface area contributed by atoms with Gasteiger partial charge in [-0.1, -0.05) is 31.2 Å². The van der Waals surface area contributed by atoms with Gasteiger partial charge < -0.3 is 15.0 Å². The Morgan fingerprint density at radius 1 is 1.09 bits per heavy atom. The number of sulfonamides is 1. The minimum Gasteiger partial charge on any atom is -0.497 e. The first-order chi connectivity index (χ1) is 16.4. The molecule has 2 rings (SSSR count). The van der Waals surface area contributed by atoms with E-state index in [0.29, 0.717) is 11.4 Å². The van der Waals surface area contributed by atoms with Crippen LogP contribution >= 0.6 is 0 Å². The van der Waals surface area contributed by atoms with Gasteiger partial charge in [-0.15, -0.1) is 0 Å². The molecule has 0 saturated heterocycles. The van der Waals surface area contributed by atoms with Crippen molar-refractivity contribution >= 4 is 27.5 Å². The van der Waals surface area contributed by atoms with Crippen molar-refractivity contribution in [2.75, 3.05) is 24.2 Å². The van der Waals surface area contributed by atoms with Gasteiger partial charge in [0, 0.05) is 12.6 Å². The van der Waals surface area contributed by atoms with Gasteiger partial charge in [-0.2, -0.15) is 0 Å². The number of rotatable bonds is 11. The number of anilines is 1. The second kappa shape index (κ2) is 12.1. The van der Waals surface area contributed by atoms with Gasteiger partial charge in [-0.25, -0.2) is 8.42 Å². The predicted molar refractivity (Wildman–Crippen MR) is 139 cm³/mol. The molecule has 2 amide bonds. The number of nitrogens with one attached hydrogen (secondary N) is 1. The van der Waals surface area contributed by atoms with Gasteiger partial charge in [-0.3, -0.25) is 13.9 Å². The lowest BCUT2D eigenvalue weighted by Gasteiger charge is -2.32. The molecule has 0 heterocycles. The third-order valence-corrected chi connectivity index (χ3v) is 7.31. The van der Waals surface area contributed by atoms with Crippen LogP contribution in [0.25, 0.3) is 0 Å². The van der Waals surface area contributed by atoms with E-state index in [9.17, 15) is 18.0 Å². The number of hydrogen-bond acceptors (Lipinski definition) is 5. The largest absolute Gasteiger partial charge is 0.497 e. The van der Waals surface area contributed by atoms with E-state index < -0.39 is 28.5 Å². The minimum absolute atomic E-state index is 0.0545. The van der Waals surface area contributed by atoms with Crippen molar-refractivity contribution < 1.29 is 22.7 Å². The lowest BCUT2D eigenvalue weighted by atomic mass is 10.1. The first-order valence-corrected chi connectivity index (χ1v) is 13.5. The van der Waals surface area contributed by atoms with E-state index in [-0.39, 0.29) is 18.5 Å². The van der Waals surface area contributed by atoms with E-state index in [1.54, 1.807) is 44.4 Å². The second-order valence-electron chi connectivity index (χ2n) is 8.86. The molecule has 0 aliphatic carbocycles. The highest BCUT2D eigenvalue weighted by Crippen LogP contribution is 2.25. The first-order valence-electron chi connectivity index (χ1n) is 11.7. The average molecular weight is 504 g/mol. The molecule has 8 nitrogen and oxygen atoms in total. The van der Waals surface area contributed by atoms with E-state index in [0.717, 1.165) is 33.7 Å². The summed E-state index contributed by atoms with van der Waals surface area (Å²) >= 11 is 0. The molecule has 0 aliphatic heterocycles. The Balaban J connectivity index is 2.45. The van der Waals surface area contributed by atoms with E-state index >= 15 is 0 Å². The van der Waals surface area contributed by atoms with Crippen LogP contribution in [0, 0.1) is 13.8 Å². The molecule has 35 heavy (non-hydrogen) atoms. The fraction of sp³-hybridized carbons (Fsp3) is 0.462. The quantitative estimate of drug-likeness (QED) is 0.507. The Bertz CT molecular complexity index is 1150. The highest BCUT2D eigenvalue weighted by atomic mass is 32.2. The standard InChI is InChI=1S/C26H37N3O5S/c1-8-19(3)27-26(31)21(5)28(16-22-12-10-13-23(15-22)34-6)25(30)17-29(35(7,32)33)24-14-9-11-18(2)20(24)4/h9-15,19,21H,8,16-17H2,1-7H3,(H,27,31)/t19-,21-/m1/s1. The van der Waals surface area contributed by atoms with Gasteiger partial charge in [-0.05, 0) is 69.0 Å². The summed E-state index contributed by atoms with van der Waals surface area (Å²) in [6.45, 7) is 8.91. The van der Waals surface area contributed by atoms with Crippen molar-refractivity contribution in [2.24, 2.45) is 0 Å². The molecule has 192 valence electrons. The van der Waals surface area contributed by atoms with Crippen molar-refractivity contribution in [1.82, 2.24) is 10.2 Å². The molecule has 2 atom stereocenters. The first kappa shape index (κ1) is 28.2. The maximum Gasteiger partial charge on any atom is 0.244 e. The molecule has 0 saturated carbocycles. The van der Waals surface area contributed by atoms with Gasteiger partial charge in [0.05, 0.1) is 19.1 Å². The Morgan fingerprint density at radius 2 is 1.74 bits per heavy atom. The highest BCUT2D eigenvalue weighted by Gasteiger charge is 2.31. The van der Waals surface area contributed by atoms with Crippen LogP contribution in [0.3, 0.4) is 0 Å². The summed E-state index contributed by atoms with van der Waals surface area (Å²) in [5.74, 6) is -0.154. The zero-order valence-electron chi connectivity index (χ0n) is 21.7. The van der Waals surface area contributed by atoms with Crippen molar-refractivity contribution in [3.63, 3.8) is 0 Å². The highest BCUT2D eigenvalue weighted by molar-refractivity contribution is 7.92. The third kappa shape index (κ3) is 7.45. The summed E-state index contributed by atoms with van der Waals surface area (Å²) < 4.78 is 31.9. The molecule has 0 aliphatic rings. The van der Waals surface area contributed by atoms with Crippen molar-refractivity contribution in [3.05, 3.63) is 59.2 Å². The summed E-state index contributed by atoms with van der Waals surface area (Å²) in [6.07, 6.45) is 1.82. The SMILES string of the molecule is CC[C@@H](C)NC(=O)[C@@H](C)N(Cc1cccc(OC)c1)C(=O)CN(c1cccc(C)c1C)S(C)(=O)=O. The zero-order chi connectivity index (χ0) is 26.3. The Hall–Kier alpha value is -3.07. The normalized spacial score (nSPS) is 13.0. The molecule has 0 aromatic heterocycles. The molecule has 2 aromatic rings. The maximum atomic E-state index is 13.6. The Labute approximate surface area is 209 Å². The third-order valence-electron chi connectivity index (χ3n) is 6.18. The van der Waals surface area contributed by atoms with Gasteiger partial charge >= 0.3 is 0 Å². The van der Waals surface area contributed by atoms with E-state index in [4.69, 9.17) is 4.74 Å². The summed E-state index contributed by atoms with van der Waals surface area (Å²) in [4.78, 5) is 28.0. The summed E-state index contributed by atoms with van der Waals surface area (Å²) in [6, 6.07) is 11.7. The molecule has 0 bridgehead atoms. The number of carbonyl (C=O) groups is 2. The fourth-order valence-corrected chi connectivity index (χ4v) is 4.52. The molecule has 2 aromatic carbocycles. The van der Waals surface area contributed by atoms with Crippen LogP contribution in [0.5, 0.6) is 5.75 Å². The summed E-state index contributed by atoms with van der Waals surface area (Å²) in [5, 5.41) is 2.92. The van der Waals surface area contributed by atoms with Gasteiger partial charge in [0.1, 0.15) is 18.3 Å². The molecule has 0 fully saturated rings. The molecular weight excluding hydrogens is 466 g/mol. The van der Waals surface area contributed by atoms with Crippen LogP contribution in [0.15, 0.2) is 42.5 Å². The van der Waals surface area contributed by atoms with Crippen LogP contribution in [0.1, 0.15) is 43.9 Å². The molecule has 0 radical (unpaired) electrons. The zero-order valence-corrected chi connectivity index (χ0v) is 22.5. The van der Waals surface area contributed by atoms with Crippen molar-refractivity contribution in [3.8, 4) is 5.75 Å². The number of benzene rings is 2. The van der Waals surface area contributed by atoms with E-state index in [1.807, 2.05) is 39.8 Å². The van der Waals surface area contributed by atoms with Gasteiger partial charge in [0.2, 0.25) is 21.8 Å². The van der Waals surface area contributed by atoms with Crippen LogP contribution in [-0.2, 0) is 26.2 Å². The van der Waals surface area contributed by atoms with Crippen LogP contribution < -0.4 is 14.4 Å². The van der Waals surface area contributed by atoms with E-state index in [2.05, 4.69) is 5.32 Å². The minimum atomic E-state index is -3.77. The number of methoxy groups -OCH3 is 1. The Morgan fingerprint density at radius 3 is 2.34 bits per heavy atom. The second-order valence-corrected chi connectivity index (χ2v) is 10.8. The van der Waals surface area contributed by atoms with Crippen LogP contribution in [-0.4, -0.2) is 57.1 Å². The molecular formula is C26H37N3O5S. The molecule has 9 heteroatoms. The lowest BCUT2D eigenvalue weighted by Crippen LogP contribution is -2.52. The average Bonchev–Trinajstić information content (AvgIpc) is 2.81. The molecule has 0 spiro atoms. The number of nitrogens with zero attached hydrogens (tertiary/aromatic N) is 2. The number of carbonyl (C=O) groups excluding carboxylic acids is 2. The number of ether oxygens (including phenoxy) is 1. The monoisotopic (exact) mass is 503 g/mol. The van der Waals surface area contributed by atoms with Crippen molar-refractivity contribution in [2.45, 2.75) is 59.7 Å². The predicted octanol–water partition coefficient (Wildman–Crippen LogP) is 3.41. The molecule has 1 N–H and O–H groups in total. The number of amides is 2.